The number of carbonyl (C=O) groups excluding carboxylic acids is 2. The Morgan fingerprint density at radius 3 is 2.77 bits per heavy atom. The molecular formula is C22H27NO3. The maximum absolute atomic E-state index is 13.3. The number of benzene rings is 1. The third-order valence-corrected chi connectivity index (χ3v) is 5.99. The van der Waals surface area contributed by atoms with Gasteiger partial charge in [0.1, 0.15) is 0 Å². The number of hydrogen-bond acceptors (Lipinski definition) is 3. The number of hydrogen-bond donors (Lipinski definition) is 0. The molecule has 1 aromatic carbocycles. The van der Waals surface area contributed by atoms with Crippen molar-refractivity contribution in [2.24, 2.45) is 5.92 Å². The average Bonchev–Trinajstić information content (AvgIpc) is 3.12. The molecule has 1 heterocycles. The molecule has 1 amide bonds. The molecule has 2 aliphatic carbocycles. The Morgan fingerprint density at radius 2 is 2.00 bits per heavy atom. The molecule has 0 bridgehead atoms. The Hall–Kier alpha value is -2.10. The zero-order chi connectivity index (χ0) is 17.9. The van der Waals surface area contributed by atoms with Gasteiger partial charge in [-0.25, -0.2) is 0 Å². The summed E-state index contributed by atoms with van der Waals surface area (Å²) in [6.45, 7) is 0.760. The SMILES string of the molecule is O=C1CC[C@@H](C(=O)N(C[C@@H]2CC=CCC2)[C@H]2CCCc3ccccc32)O1. The number of cyclic esters (lactones) is 1. The van der Waals surface area contributed by atoms with Crippen LogP contribution in [0.2, 0.25) is 0 Å². The number of aryl methyl sites for hydroxylation is 1. The molecule has 1 saturated heterocycles. The quantitative estimate of drug-likeness (QED) is 0.608. The van der Waals surface area contributed by atoms with Gasteiger partial charge in [-0.3, -0.25) is 9.59 Å². The van der Waals surface area contributed by atoms with E-state index < -0.39 is 6.10 Å². The molecule has 0 aromatic heterocycles. The second-order valence-corrected chi connectivity index (χ2v) is 7.77. The molecule has 3 aliphatic rings. The largest absolute Gasteiger partial charge is 0.452 e. The second-order valence-electron chi connectivity index (χ2n) is 7.77. The zero-order valence-corrected chi connectivity index (χ0v) is 15.2. The van der Waals surface area contributed by atoms with Gasteiger partial charge in [0, 0.05) is 19.4 Å². The van der Waals surface area contributed by atoms with Gasteiger partial charge in [-0.05, 0) is 55.6 Å². The van der Waals surface area contributed by atoms with Gasteiger partial charge in [-0.15, -0.1) is 0 Å². The van der Waals surface area contributed by atoms with Crippen LogP contribution in [0.5, 0.6) is 0 Å². The summed E-state index contributed by atoms with van der Waals surface area (Å²) < 4.78 is 5.33. The van der Waals surface area contributed by atoms with Gasteiger partial charge in [0.25, 0.3) is 5.91 Å². The molecule has 1 fully saturated rings. The Balaban J connectivity index is 1.61. The highest BCUT2D eigenvalue weighted by Crippen LogP contribution is 2.37. The summed E-state index contributed by atoms with van der Waals surface area (Å²) in [7, 11) is 0. The van der Waals surface area contributed by atoms with Crippen LogP contribution in [0.25, 0.3) is 0 Å². The van der Waals surface area contributed by atoms with Crippen LogP contribution in [0.3, 0.4) is 0 Å². The standard InChI is InChI=1S/C22H27NO3/c24-21-14-13-20(26-21)22(25)23(15-16-7-2-1-3-8-16)19-12-6-10-17-9-4-5-11-18(17)19/h1-2,4-5,9,11,16,19-20H,3,6-8,10,12-15H2/t16-,19+,20+/m1/s1. The number of esters is 1. The van der Waals surface area contributed by atoms with E-state index in [1.165, 1.54) is 11.1 Å². The number of rotatable bonds is 4. The fourth-order valence-corrected chi connectivity index (χ4v) is 4.61. The number of carbonyl (C=O) groups is 2. The molecule has 0 N–H and O–H groups in total. The van der Waals surface area contributed by atoms with Crippen molar-refractivity contribution in [1.82, 2.24) is 4.90 Å². The first-order valence-corrected chi connectivity index (χ1v) is 9.95. The van der Waals surface area contributed by atoms with Gasteiger partial charge in [-0.1, -0.05) is 36.4 Å². The molecule has 1 aliphatic heterocycles. The van der Waals surface area contributed by atoms with Gasteiger partial charge in [0.05, 0.1) is 6.04 Å². The number of ether oxygens (including phenoxy) is 1. The molecule has 0 radical (unpaired) electrons. The highest BCUT2D eigenvalue weighted by atomic mass is 16.6. The van der Waals surface area contributed by atoms with Gasteiger partial charge >= 0.3 is 5.97 Å². The third-order valence-electron chi connectivity index (χ3n) is 5.99. The lowest BCUT2D eigenvalue weighted by molar-refractivity contribution is -0.155. The third kappa shape index (κ3) is 3.55. The van der Waals surface area contributed by atoms with Gasteiger partial charge in [0.2, 0.25) is 0 Å². The average molecular weight is 353 g/mol. The van der Waals surface area contributed by atoms with Crippen LogP contribution in [0.15, 0.2) is 36.4 Å². The minimum absolute atomic E-state index is 0.00658. The molecule has 4 heteroatoms. The molecule has 0 spiro atoms. The van der Waals surface area contributed by atoms with E-state index in [0.29, 0.717) is 18.8 Å². The summed E-state index contributed by atoms with van der Waals surface area (Å²) in [5.74, 6) is 0.259. The normalized spacial score (nSPS) is 27.7. The van der Waals surface area contributed by atoms with Gasteiger partial charge in [0.15, 0.2) is 6.10 Å². The summed E-state index contributed by atoms with van der Waals surface area (Å²) in [6, 6.07) is 8.61. The predicted molar refractivity (Wildman–Crippen MR) is 99.4 cm³/mol. The first-order chi connectivity index (χ1) is 12.7. The first-order valence-electron chi connectivity index (χ1n) is 9.95. The van der Waals surface area contributed by atoms with Crippen molar-refractivity contribution in [2.75, 3.05) is 6.54 Å². The maximum Gasteiger partial charge on any atom is 0.306 e. The van der Waals surface area contributed by atoms with E-state index in [0.717, 1.165) is 45.1 Å². The Morgan fingerprint density at radius 1 is 1.12 bits per heavy atom. The lowest BCUT2D eigenvalue weighted by Gasteiger charge is -2.39. The first kappa shape index (κ1) is 17.3. The van der Waals surface area contributed by atoms with E-state index in [1.54, 1.807) is 0 Å². The fourth-order valence-electron chi connectivity index (χ4n) is 4.61. The monoisotopic (exact) mass is 353 g/mol. The molecule has 26 heavy (non-hydrogen) atoms. The Bertz CT molecular complexity index is 711. The smallest absolute Gasteiger partial charge is 0.306 e. The van der Waals surface area contributed by atoms with E-state index >= 15 is 0 Å². The van der Waals surface area contributed by atoms with Crippen molar-refractivity contribution in [3.63, 3.8) is 0 Å². The molecule has 4 nitrogen and oxygen atoms in total. The number of nitrogens with zero attached hydrogens (tertiary/aromatic N) is 1. The van der Waals surface area contributed by atoms with Gasteiger partial charge in [-0.2, -0.15) is 0 Å². The van der Waals surface area contributed by atoms with E-state index in [-0.39, 0.29) is 17.9 Å². The molecule has 0 saturated carbocycles. The van der Waals surface area contributed by atoms with Crippen molar-refractivity contribution >= 4 is 11.9 Å². The number of allylic oxidation sites excluding steroid dienone is 2. The predicted octanol–water partition coefficient (Wildman–Crippen LogP) is 3.95. The van der Waals surface area contributed by atoms with E-state index in [9.17, 15) is 9.59 Å². The number of fused-ring (bicyclic) bond motifs is 1. The van der Waals surface area contributed by atoms with E-state index in [2.05, 4.69) is 36.4 Å². The second kappa shape index (κ2) is 7.65. The molecule has 138 valence electrons. The van der Waals surface area contributed by atoms with Crippen LogP contribution in [0.1, 0.15) is 62.1 Å². The van der Waals surface area contributed by atoms with Crippen molar-refractivity contribution in [2.45, 2.75) is 63.5 Å². The van der Waals surface area contributed by atoms with Crippen LogP contribution in [0, 0.1) is 5.92 Å². The molecule has 4 rings (SSSR count). The van der Waals surface area contributed by atoms with Crippen molar-refractivity contribution in [3.8, 4) is 0 Å². The molecule has 3 atom stereocenters. The Kier molecular flexibility index (Phi) is 5.09. The molecular weight excluding hydrogens is 326 g/mol. The highest BCUT2D eigenvalue weighted by molar-refractivity contribution is 5.87. The van der Waals surface area contributed by atoms with E-state index in [1.807, 2.05) is 4.90 Å². The van der Waals surface area contributed by atoms with Crippen LogP contribution in [-0.4, -0.2) is 29.4 Å². The van der Waals surface area contributed by atoms with Crippen LogP contribution < -0.4 is 0 Å². The van der Waals surface area contributed by atoms with E-state index in [4.69, 9.17) is 4.74 Å². The fraction of sp³-hybridized carbons (Fsp3) is 0.545. The van der Waals surface area contributed by atoms with Crippen molar-refractivity contribution in [1.29, 1.82) is 0 Å². The molecule has 1 aromatic rings. The van der Waals surface area contributed by atoms with Crippen LogP contribution in [0.4, 0.5) is 0 Å². The summed E-state index contributed by atoms with van der Waals surface area (Å²) >= 11 is 0. The van der Waals surface area contributed by atoms with Gasteiger partial charge < -0.3 is 9.64 Å². The Labute approximate surface area is 155 Å². The molecule has 0 unspecified atom stereocenters. The maximum atomic E-state index is 13.3. The van der Waals surface area contributed by atoms with Crippen LogP contribution >= 0.6 is 0 Å². The lowest BCUT2D eigenvalue weighted by atomic mass is 9.85. The highest BCUT2D eigenvalue weighted by Gasteiger charge is 2.38. The minimum Gasteiger partial charge on any atom is -0.452 e. The summed E-state index contributed by atoms with van der Waals surface area (Å²) in [5, 5.41) is 0. The van der Waals surface area contributed by atoms with Crippen molar-refractivity contribution in [3.05, 3.63) is 47.5 Å². The van der Waals surface area contributed by atoms with Crippen LogP contribution in [-0.2, 0) is 20.7 Å². The summed E-state index contributed by atoms with van der Waals surface area (Å²) in [5.41, 5.74) is 2.64. The zero-order valence-electron chi connectivity index (χ0n) is 15.2. The van der Waals surface area contributed by atoms with Crippen molar-refractivity contribution < 1.29 is 14.3 Å². The minimum atomic E-state index is -0.587. The summed E-state index contributed by atoms with van der Waals surface area (Å²) in [6.07, 6.45) is 11.2. The lowest BCUT2D eigenvalue weighted by Crippen LogP contribution is -2.45. The summed E-state index contributed by atoms with van der Waals surface area (Å²) in [4.78, 5) is 26.9. The number of amides is 1. The topological polar surface area (TPSA) is 46.6 Å².